The van der Waals surface area contributed by atoms with E-state index in [2.05, 4.69) is 0 Å². The summed E-state index contributed by atoms with van der Waals surface area (Å²) >= 11 is 0. The molecule has 2 N–H and O–H groups in total. The van der Waals surface area contributed by atoms with E-state index in [0.717, 1.165) is 24.3 Å². The van der Waals surface area contributed by atoms with Crippen LogP contribution in [0.4, 0.5) is 0 Å². The van der Waals surface area contributed by atoms with Gasteiger partial charge in [0.2, 0.25) is 11.8 Å². The molecule has 0 aliphatic carbocycles. The van der Waals surface area contributed by atoms with Crippen molar-refractivity contribution in [3.63, 3.8) is 0 Å². The van der Waals surface area contributed by atoms with Gasteiger partial charge in [0.1, 0.15) is 5.75 Å². The molecule has 0 atom stereocenters. The lowest BCUT2D eigenvalue weighted by Gasteiger charge is -2.20. The van der Waals surface area contributed by atoms with E-state index in [1.807, 2.05) is 54.0 Å². The molecule has 1 aromatic rings. The molecule has 1 heterocycles. The molecule has 1 aromatic carbocycles. The van der Waals surface area contributed by atoms with Crippen LogP contribution in [-0.4, -0.2) is 60.4 Å². The van der Waals surface area contributed by atoms with Crippen LogP contribution < -0.4 is 10.5 Å². The molecule has 2 amide bonds. The van der Waals surface area contributed by atoms with Gasteiger partial charge in [-0.2, -0.15) is 0 Å². The maximum absolute atomic E-state index is 12.4. The fourth-order valence-corrected chi connectivity index (χ4v) is 2.81. The predicted molar refractivity (Wildman–Crippen MR) is 98.1 cm³/mol. The van der Waals surface area contributed by atoms with Crippen LogP contribution in [0, 0.1) is 0 Å². The first-order chi connectivity index (χ1) is 11.9. The zero-order valence-corrected chi connectivity index (χ0v) is 15.0. The summed E-state index contributed by atoms with van der Waals surface area (Å²) in [6.07, 6.45) is 4.35. The van der Waals surface area contributed by atoms with Crippen LogP contribution in [0.2, 0.25) is 0 Å². The predicted octanol–water partition coefficient (Wildman–Crippen LogP) is 1.51. The van der Waals surface area contributed by atoms with E-state index in [0.29, 0.717) is 19.6 Å². The fourth-order valence-electron chi connectivity index (χ4n) is 2.81. The molecule has 1 fully saturated rings. The molecule has 136 valence electrons. The van der Waals surface area contributed by atoms with Gasteiger partial charge in [0, 0.05) is 32.3 Å². The minimum absolute atomic E-state index is 0.0175. The summed E-state index contributed by atoms with van der Waals surface area (Å²) in [4.78, 5) is 27.2. The Morgan fingerprint density at radius 2 is 2.04 bits per heavy atom. The number of nitrogens with two attached hydrogens (primary N) is 1. The maximum Gasteiger partial charge on any atom is 0.246 e. The highest BCUT2D eigenvalue weighted by molar-refractivity contribution is 5.91. The van der Waals surface area contributed by atoms with Crippen molar-refractivity contribution in [3.8, 4) is 5.75 Å². The van der Waals surface area contributed by atoms with Crippen molar-refractivity contribution in [1.82, 2.24) is 9.80 Å². The summed E-state index contributed by atoms with van der Waals surface area (Å²) < 4.78 is 5.67. The summed E-state index contributed by atoms with van der Waals surface area (Å²) in [5.41, 5.74) is 6.17. The quantitative estimate of drug-likeness (QED) is 0.793. The van der Waals surface area contributed by atoms with Crippen LogP contribution in [0.1, 0.15) is 25.8 Å². The van der Waals surface area contributed by atoms with Crippen LogP contribution in [-0.2, 0) is 9.59 Å². The molecule has 0 spiro atoms. The monoisotopic (exact) mass is 345 g/mol. The molecule has 2 rings (SSSR count). The van der Waals surface area contributed by atoms with Gasteiger partial charge in [-0.05, 0) is 44.0 Å². The molecule has 6 nitrogen and oxygen atoms in total. The molecule has 0 aromatic heterocycles. The molecule has 0 radical (unpaired) electrons. The number of hydrogen-bond donors (Lipinski definition) is 1. The van der Waals surface area contributed by atoms with Gasteiger partial charge < -0.3 is 15.4 Å². The number of amides is 2. The van der Waals surface area contributed by atoms with Gasteiger partial charge >= 0.3 is 0 Å². The second kappa shape index (κ2) is 9.22. The maximum atomic E-state index is 12.4. The molecule has 0 unspecified atom stereocenters. The summed E-state index contributed by atoms with van der Waals surface area (Å²) in [5.74, 6) is 0.445. The molecule has 1 aliphatic heterocycles. The molecular formula is C19H27N3O3. The lowest BCUT2D eigenvalue weighted by molar-refractivity contribution is -0.125. The lowest BCUT2D eigenvalue weighted by atomic mass is 10.2. The van der Waals surface area contributed by atoms with Crippen LogP contribution in [0.5, 0.6) is 5.75 Å². The van der Waals surface area contributed by atoms with E-state index in [1.165, 1.54) is 0 Å². The van der Waals surface area contributed by atoms with E-state index in [9.17, 15) is 9.59 Å². The van der Waals surface area contributed by atoms with Crippen molar-refractivity contribution in [2.75, 3.05) is 32.7 Å². The fraction of sp³-hybridized carbons (Fsp3) is 0.474. The lowest BCUT2D eigenvalue weighted by Crippen LogP contribution is -2.37. The van der Waals surface area contributed by atoms with E-state index in [-0.39, 0.29) is 24.5 Å². The number of carbonyl (C=O) groups excluding carboxylic acids is 2. The molecule has 25 heavy (non-hydrogen) atoms. The normalized spacial score (nSPS) is 16.2. The highest BCUT2D eigenvalue weighted by Crippen LogP contribution is 2.16. The van der Waals surface area contributed by atoms with Gasteiger partial charge in [-0.15, -0.1) is 0 Å². The highest BCUT2D eigenvalue weighted by Gasteiger charge is 2.18. The van der Waals surface area contributed by atoms with E-state index in [4.69, 9.17) is 10.5 Å². The Morgan fingerprint density at radius 1 is 1.24 bits per heavy atom. The average Bonchev–Trinajstić information content (AvgIpc) is 2.77. The summed E-state index contributed by atoms with van der Waals surface area (Å²) in [6, 6.07) is 7.67. The van der Waals surface area contributed by atoms with Gasteiger partial charge in [-0.1, -0.05) is 12.1 Å². The molecule has 1 aliphatic rings. The minimum Gasteiger partial charge on any atom is -0.491 e. The first-order valence-corrected chi connectivity index (χ1v) is 8.68. The zero-order valence-electron chi connectivity index (χ0n) is 15.0. The second-order valence-corrected chi connectivity index (χ2v) is 6.49. The van der Waals surface area contributed by atoms with Gasteiger partial charge in [-0.3, -0.25) is 14.5 Å². The van der Waals surface area contributed by atoms with Crippen molar-refractivity contribution in [2.24, 2.45) is 5.73 Å². The van der Waals surface area contributed by atoms with Crippen molar-refractivity contribution < 1.29 is 14.3 Å². The topological polar surface area (TPSA) is 75.9 Å². The van der Waals surface area contributed by atoms with Crippen molar-refractivity contribution >= 4 is 17.9 Å². The third kappa shape index (κ3) is 6.58. The number of primary amides is 1. The van der Waals surface area contributed by atoms with Crippen molar-refractivity contribution in [2.45, 2.75) is 26.4 Å². The van der Waals surface area contributed by atoms with E-state index < -0.39 is 0 Å². The standard InChI is InChI=1S/C19H27N3O3/c1-15(2)25-17-6-3-5-16(13-17)7-8-19(24)22-10-4-9-21(11-12-22)14-18(20)23/h3,5-8,13,15H,4,9-12,14H2,1-2H3,(H2,20,23). The van der Waals surface area contributed by atoms with Crippen molar-refractivity contribution in [1.29, 1.82) is 0 Å². The number of nitrogens with zero attached hydrogens (tertiary/aromatic N) is 2. The van der Waals surface area contributed by atoms with Gasteiger partial charge in [0.05, 0.1) is 12.6 Å². The Bertz CT molecular complexity index is 628. The van der Waals surface area contributed by atoms with Gasteiger partial charge in [-0.25, -0.2) is 0 Å². The Kier molecular flexibility index (Phi) is 7.01. The van der Waals surface area contributed by atoms with Crippen molar-refractivity contribution in [3.05, 3.63) is 35.9 Å². The molecular weight excluding hydrogens is 318 g/mol. The second-order valence-electron chi connectivity index (χ2n) is 6.49. The highest BCUT2D eigenvalue weighted by atomic mass is 16.5. The Labute approximate surface area is 149 Å². The molecule has 6 heteroatoms. The molecule has 0 bridgehead atoms. The average molecular weight is 345 g/mol. The summed E-state index contributed by atoms with van der Waals surface area (Å²) in [5, 5.41) is 0. The Balaban J connectivity index is 1.92. The van der Waals surface area contributed by atoms with E-state index in [1.54, 1.807) is 6.08 Å². The number of hydrogen-bond acceptors (Lipinski definition) is 4. The summed E-state index contributed by atoms with van der Waals surface area (Å²) in [7, 11) is 0. The zero-order chi connectivity index (χ0) is 18.2. The van der Waals surface area contributed by atoms with Crippen LogP contribution >= 0.6 is 0 Å². The van der Waals surface area contributed by atoms with Crippen LogP contribution in [0.25, 0.3) is 6.08 Å². The number of benzene rings is 1. The first kappa shape index (κ1) is 19.0. The van der Waals surface area contributed by atoms with Gasteiger partial charge in [0.15, 0.2) is 0 Å². The number of rotatable bonds is 6. The smallest absolute Gasteiger partial charge is 0.246 e. The minimum atomic E-state index is -0.330. The van der Waals surface area contributed by atoms with Gasteiger partial charge in [0.25, 0.3) is 0 Å². The molecule has 0 saturated carbocycles. The summed E-state index contributed by atoms with van der Waals surface area (Å²) in [6.45, 7) is 6.95. The largest absolute Gasteiger partial charge is 0.491 e. The Morgan fingerprint density at radius 3 is 2.76 bits per heavy atom. The van der Waals surface area contributed by atoms with Crippen LogP contribution in [0.3, 0.4) is 0 Å². The number of carbonyl (C=O) groups is 2. The first-order valence-electron chi connectivity index (χ1n) is 8.68. The molecule has 1 saturated heterocycles. The van der Waals surface area contributed by atoms with Crippen LogP contribution in [0.15, 0.2) is 30.3 Å². The SMILES string of the molecule is CC(C)Oc1cccc(C=CC(=O)N2CCCN(CC(N)=O)CC2)c1. The number of ether oxygens (including phenoxy) is 1. The third-order valence-electron chi connectivity index (χ3n) is 3.93. The third-order valence-corrected chi connectivity index (χ3v) is 3.93. The van der Waals surface area contributed by atoms with E-state index >= 15 is 0 Å². The Hall–Kier alpha value is -2.34.